The van der Waals surface area contributed by atoms with Crippen LogP contribution in [0.3, 0.4) is 0 Å². The SMILES string of the molecule is CC.CCOC(=O)/C(Cl)=N/NN. The molecular weight excluding hydrogens is 182 g/mol. The number of hydrazine groups is 1. The molecule has 0 aliphatic heterocycles. The number of rotatable bonds is 3. The predicted molar refractivity (Wildman–Crippen MR) is 48.6 cm³/mol. The van der Waals surface area contributed by atoms with Crippen LogP contribution in [0.25, 0.3) is 0 Å². The Morgan fingerprint density at radius 1 is 1.67 bits per heavy atom. The molecule has 0 heterocycles. The van der Waals surface area contributed by atoms with Crippen molar-refractivity contribution in [3.05, 3.63) is 0 Å². The van der Waals surface area contributed by atoms with Gasteiger partial charge in [0, 0.05) is 0 Å². The first-order valence-electron chi connectivity index (χ1n) is 3.58. The van der Waals surface area contributed by atoms with Crippen LogP contribution in [0.15, 0.2) is 5.10 Å². The smallest absolute Gasteiger partial charge is 0.370 e. The average molecular weight is 196 g/mol. The molecule has 0 atom stereocenters. The number of ether oxygens (including phenoxy) is 1. The molecule has 0 aliphatic carbocycles. The lowest BCUT2D eigenvalue weighted by Gasteiger charge is -1.96. The number of carbonyl (C=O) groups is 1. The molecule has 0 spiro atoms. The fourth-order valence-corrected chi connectivity index (χ4v) is 0.396. The third-order valence-electron chi connectivity index (χ3n) is 0.607. The van der Waals surface area contributed by atoms with Gasteiger partial charge in [0.05, 0.1) is 6.61 Å². The Bertz CT molecular complexity index is 150. The average Bonchev–Trinajstić information content (AvgIpc) is 2.09. The van der Waals surface area contributed by atoms with Crippen LogP contribution in [0.5, 0.6) is 0 Å². The Morgan fingerprint density at radius 3 is 2.50 bits per heavy atom. The van der Waals surface area contributed by atoms with Crippen LogP contribution < -0.4 is 11.4 Å². The summed E-state index contributed by atoms with van der Waals surface area (Å²) in [6.07, 6.45) is 0. The molecule has 0 rings (SSSR count). The summed E-state index contributed by atoms with van der Waals surface area (Å²) in [7, 11) is 0. The van der Waals surface area contributed by atoms with Crippen LogP contribution in [0, 0.1) is 0 Å². The maximum absolute atomic E-state index is 10.6. The summed E-state index contributed by atoms with van der Waals surface area (Å²) < 4.78 is 4.46. The minimum absolute atomic E-state index is 0.259. The van der Waals surface area contributed by atoms with Crippen molar-refractivity contribution in [1.29, 1.82) is 0 Å². The molecular formula is C6H14ClN3O2. The van der Waals surface area contributed by atoms with Crippen molar-refractivity contribution in [1.82, 2.24) is 5.53 Å². The van der Waals surface area contributed by atoms with E-state index in [0.717, 1.165) is 0 Å². The number of carbonyl (C=O) groups excluding carboxylic acids is 1. The van der Waals surface area contributed by atoms with Crippen molar-refractivity contribution in [2.24, 2.45) is 10.9 Å². The molecule has 0 amide bonds. The van der Waals surface area contributed by atoms with Crippen LogP contribution in [-0.2, 0) is 9.53 Å². The monoisotopic (exact) mass is 195 g/mol. The van der Waals surface area contributed by atoms with Crippen molar-refractivity contribution in [2.45, 2.75) is 20.8 Å². The van der Waals surface area contributed by atoms with Gasteiger partial charge in [-0.3, -0.25) is 0 Å². The minimum atomic E-state index is -0.692. The van der Waals surface area contributed by atoms with E-state index in [2.05, 4.69) is 9.84 Å². The van der Waals surface area contributed by atoms with Gasteiger partial charge in [-0.1, -0.05) is 25.4 Å². The van der Waals surface area contributed by atoms with Gasteiger partial charge in [0.15, 0.2) is 0 Å². The van der Waals surface area contributed by atoms with Crippen LogP contribution in [0.4, 0.5) is 0 Å². The standard InChI is InChI=1S/C4H8ClN3O2.C2H6/c1-2-10-4(9)3(5)7-8-6;1-2/h8H,2,6H2,1H3;1-2H3/b7-3-;. The third kappa shape index (κ3) is 7.30. The minimum Gasteiger partial charge on any atom is -0.461 e. The molecule has 5 nitrogen and oxygen atoms in total. The van der Waals surface area contributed by atoms with E-state index >= 15 is 0 Å². The lowest BCUT2D eigenvalue weighted by atomic mass is 10.7. The van der Waals surface area contributed by atoms with E-state index in [1.54, 1.807) is 6.92 Å². The molecule has 0 aliphatic rings. The molecule has 0 saturated heterocycles. The highest BCUT2D eigenvalue weighted by Gasteiger charge is 2.07. The maximum atomic E-state index is 10.6. The van der Waals surface area contributed by atoms with Gasteiger partial charge in [0.25, 0.3) is 0 Å². The summed E-state index contributed by atoms with van der Waals surface area (Å²) >= 11 is 5.24. The maximum Gasteiger partial charge on any atom is 0.370 e. The number of nitrogens with two attached hydrogens (primary N) is 1. The van der Waals surface area contributed by atoms with Gasteiger partial charge < -0.3 is 4.74 Å². The summed E-state index contributed by atoms with van der Waals surface area (Å²) in [4.78, 5) is 10.6. The Hall–Kier alpha value is -0.810. The number of esters is 1. The number of hydrazone groups is 1. The van der Waals surface area contributed by atoms with Gasteiger partial charge in [0.2, 0.25) is 5.17 Å². The van der Waals surface area contributed by atoms with Crippen LogP contribution >= 0.6 is 11.6 Å². The zero-order chi connectivity index (χ0) is 9.98. The second kappa shape index (κ2) is 10.2. The fourth-order valence-electron chi connectivity index (χ4n) is 0.293. The van der Waals surface area contributed by atoms with Crippen molar-refractivity contribution >= 4 is 22.7 Å². The van der Waals surface area contributed by atoms with Crippen LogP contribution in [0.1, 0.15) is 20.8 Å². The molecule has 0 saturated carbocycles. The van der Waals surface area contributed by atoms with Crippen molar-refractivity contribution in [3.63, 3.8) is 0 Å². The zero-order valence-corrected chi connectivity index (χ0v) is 8.18. The van der Waals surface area contributed by atoms with E-state index in [-0.39, 0.29) is 11.8 Å². The second-order valence-corrected chi connectivity index (χ2v) is 1.61. The fraction of sp³-hybridized carbons (Fsp3) is 0.667. The molecule has 0 radical (unpaired) electrons. The predicted octanol–water partition coefficient (Wildman–Crippen LogP) is 0.591. The highest BCUT2D eigenvalue weighted by Crippen LogP contribution is 1.87. The highest BCUT2D eigenvalue weighted by atomic mass is 35.5. The van der Waals surface area contributed by atoms with Crippen LogP contribution in [-0.4, -0.2) is 17.7 Å². The van der Waals surface area contributed by atoms with E-state index in [1.807, 2.05) is 19.4 Å². The number of hydrogen-bond donors (Lipinski definition) is 2. The van der Waals surface area contributed by atoms with Crippen LogP contribution in [0.2, 0.25) is 0 Å². The first-order valence-corrected chi connectivity index (χ1v) is 3.96. The normalized spacial score (nSPS) is 9.58. The van der Waals surface area contributed by atoms with Crippen molar-refractivity contribution in [2.75, 3.05) is 6.61 Å². The van der Waals surface area contributed by atoms with E-state index in [9.17, 15) is 4.79 Å². The molecule has 0 bridgehead atoms. The van der Waals surface area contributed by atoms with Gasteiger partial charge in [-0.05, 0) is 6.92 Å². The summed E-state index contributed by atoms with van der Waals surface area (Å²) in [5.41, 5.74) is 1.86. The lowest BCUT2D eigenvalue weighted by Crippen LogP contribution is -2.20. The third-order valence-corrected chi connectivity index (χ3v) is 0.845. The number of halogens is 1. The Labute approximate surface area is 76.9 Å². The number of nitrogens with one attached hydrogen (secondary N) is 1. The Balaban J connectivity index is 0. The molecule has 0 unspecified atom stereocenters. The zero-order valence-electron chi connectivity index (χ0n) is 7.43. The van der Waals surface area contributed by atoms with E-state index in [1.165, 1.54) is 0 Å². The quantitative estimate of drug-likeness (QED) is 0.299. The Kier molecular flexibility index (Phi) is 11.7. The lowest BCUT2D eigenvalue weighted by molar-refractivity contribution is -0.134. The van der Waals surface area contributed by atoms with Gasteiger partial charge in [-0.25, -0.2) is 16.2 Å². The van der Waals surface area contributed by atoms with E-state index in [0.29, 0.717) is 0 Å². The molecule has 0 aromatic carbocycles. The van der Waals surface area contributed by atoms with Gasteiger partial charge in [-0.2, -0.15) is 0 Å². The van der Waals surface area contributed by atoms with Gasteiger partial charge in [0.1, 0.15) is 0 Å². The van der Waals surface area contributed by atoms with Crippen molar-refractivity contribution < 1.29 is 9.53 Å². The summed E-state index contributed by atoms with van der Waals surface area (Å²) in [5, 5.41) is 2.86. The highest BCUT2D eigenvalue weighted by molar-refractivity contribution is 6.81. The Morgan fingerprint density at radius 2 is 2.17 bits per heavy atom. The summed E-state index contributed by atoms with van der Waals surface area (Å²) in [6.45, 7) is 5.92. The second-order valence-electron chi connectivity index (χ2n) is 1.25. The molecule has 6 heteroatoms. The molecule has 0 aromatic heterocycles. The summed E-state index contributed by atoms with van der Waals surface area (Å²) in [6, 6.07) is 0. The van der Waals surface area contributed by atoms with Gasteiger partial charge >= 0.3 is 5.97 Å². The van der Waals surface area contributed by atoms with E-state index < -0.39 is 5.97 Å². The summed E-state index contributed by atoms with van der Waals surface area (Å²) in [5.74, 6) is 4.04. The topological polar surface area (TPSA) is 76.7 Å². The van der Waals surface area contributed by atoms with E-state index in [4.69, 9.17) is 17.4 Å². The number of hydrogen-bond acceptors (Lipinski definition) is 5. The number of nitrogens with zero attached hydrogens (tertiary/aromatic N) is 1. The largest absolute Gasteiger partial charge is 0.461 e. The van der Waals surface area contributed by atoms with Gasteiger partial charge in [-0.15, -0.1) is 5.10 Å². The molecule has 0 fully saturated rings. The molecule has 72 valence electrons. The molecule has 0 aromatic rings. The first kappa shape index (κ1) is 13.8. The molecule has 3 N–H and O–H groups in total. The molecule has 12 heavy (non-hydrogen) atoms. The van der Waals surface area contributed by atoms with Crippen molar-refractivity contribution in [3.8, 4) is 0 Å². The first-order chi connectivity index (χ1) is 5.72.